The number of alkyl halides is 9. The molecule has 382 valence electrons. The molecular formula is C41H50Cl2F9N5O10S. The van der Waals surface area contributed by atoms with Crippen LogP contribution in [0.15, 0.2) is 41.3 Å². The topological polar surface area (TPSA) is 239 Å². The molecule has 1 amide bonds. The van der Waals surface area contributed by atoms with Crippen molar-refractivity contribution in [2.45, 2.75) is 107 Å². The number of hydrogen-bond donors (Lipinski definition) is 6. The number of carboxylic acids is 3. The predicted molar refractivity (Wildman–Crippen MR) is 230 cm³/mol. The number of nitrogens with two attached hydrogens (primary N) is 1. The van der Waals surface area contributed by atoms with Crippen molar-refractivity contribution in [1.29, 1.82) is 0 Å². The number of likely N-dealkylation sites (tertiary alicyclic amines) is 1. The van der Waals surface area contributed by atoms with Crippen LogP contribution >= 0.6 is 23.2 Å². The normalized spacial score (nSPS) is 15.2. The number of pyridine rings is 1. The van der Waals surface area contributed by atoms with Crippen molar-refractivity contribution < 1.29 is 87.2 Å². The number of halogens is 11. The quantitative estimate of drug-likeness (QED) is 0.0661. The lowest BCUT2D eigenvalue weighted by Crippen LogP contribution is -2.59. The fraction of sp³-hybridized carbons (Fsp3) is 0.537. The van der Waals surface area contributed by atoms with Gasteiger partial charge in [-0.1, -0.05) is 54.6 Å². The van der Waals surface area contributed by atoms with E-state index in [-0.39, 0.29) is 27.5 Å². The molecular weight excluding hydrogens is 996 g/mol. The van der Waals surface area contributed by atoms with E-state index in [1.807, 2.05) is 43.0 Å². The second-order valence-electron chi connectivity index (χ2n) is 15.5. The molecule has 1 aromatic heterocycles. The van der Waals surface area contributed by atoms with E-state index < -0.39 is 52.0 Å². The van der Waals surface area contributed by atoms with Crippen molar-refractivity contribution in [3.8, 4) is 5.75 Å². The van der Waals surface area contributed by atoms with Crippen molar-refractivity contribution in [3.63, 3.8) is 0 Å². The molecule has 1 saturated heterocycles. The zero-order valence-corrected chi connectivity index (χ0v) is 38.7. The molecule has 68 heavy (non-hydrogen) atoms. The number of aromatic nitrogens is 1. The maximum Gasteiger partial charge on any atom is 0.490 e. The molecule has 15 nitrogen and oxygen atoms in total. The summed E-state index contributed by atoms with van der Waals surface area (Å²) in [6, 6.07) is 10.6. The average molecular weight is 1050 g/mol. The Kier molecular flexibility index (Phi) is 22.5. The Balaban J connectivity index is 0.000000626. The number of nitrogens with zero attached hydrogens (tertiary/aromatic N) is 2. The van der Waals surface area contributed by atoms with E-state index in [0.29, 0.717) is 48.7 Å². The fourth-order valence-electron chi connectivity index (χ4n) is 6.91. The van der Waals surface area contributed by atoms with Crippen LogP contribution in [0.5, 0.6) is 5.75 Å². The number of aliphatic carboxylic acids is 3. The van der Waals surface area contributed by atoms with Crippen molar-refractivity contribution in [2.75, 3.05) is 32.7 Å². The molecule has 3 aromatic rings. The maximum atomic E-state index is 14.0. The zero-order chi connectivity index (χ0) is 51.8. The molecule has 1 aliphatic carbocycles. The first-order valence-electron chi connectivity index (χ1n) is 20.5. The minimum atomic E-state index is -5.08. The molecule has 2 fully saturated rings. The number of carboxylic acid groups (broad SMARTS) is 3. The van der Waals surface area contributed by atoms with Gasteiger partial charge < -0.3 is 36.0 Å². The zero-order valence-electron chi connectivity index (χ0n) is 36.4. The summed E-state index contributed by atoms with van der Waals surface area (Å²) in [5.41, 5.74) is 7.38. The fourth-order valence-corrected chi connectivity index (χ4v) is 9.22. The van der Waals surface area contributed by atoms with Gasteiger partial charge in [0.05, 0.1) is 5.02 Å². The lowest BCUT2D eigenvalue weighted by atomic mass is 9.92. The van der Waals surface area contributed by atoms with Gasteiger partial charge in [-0.3, -0.25) is 4.79 Å². The Hall–Kier alpha value is -4.69. The number of carbonyl (C=O) groups is 4. The van der Waals surface area contributed by atoms with E-state index in [0.717, 1.165) is 81.2 Å². The van der Waals surface area contributed by atoms with Crippen LogP contribution in [0, 0.1) is 19.8 Å². The van der Waals surface area contributed by atoms with Crippen molar-refractivity contribution >= 4 is 67.9 Å². The van der Waals surface area contributed by atoms with Gasteiger partial charge in [0, 0.05) is 34.8 Å². The molecule has 0 unspecified atom stereocenters. The van der Waals surface area contributed by atoms with Gasteiger partial charge in [-0.15, -0.1) is 0 Å². The number of aryl methyl sites for hydroxylation is 2. The Morgan fingerprint density at radius 3 is 1.88 bits per heavy atom. The second kappa shape index (κ2) is 25.8. The lowest BCUT2D eigenvalue weighted by molar-refractivity contribution is -0.193. The SMILES string of the molecule is Cc1cc(C)c2cccc(OCc3c(Cl)ccc(S(=O)(=O)NC4(C(=O)N5CCC(CNCCCCCN)CC5)CCCC4)c3Cl)c2n1.O=C(O)C(F)(F)F.O=C(O)C(F)(F)F.O=C(O)C(F)(F)F. The van der Waals surface area contributed by atoms with E-state index in [2.05, 4.69) is 15.0 Å². The standard InChI is InChI=1S/C35H47Cl2N5O4S.3C2HF3O2/c1-24-21-25(2)40-33-27(24)9-8-10-30(33)46-23-28-29(36)11-12-31(32(28)37)47(44,45)41-35(15-4-5-16-35)34(43)42-19-13-26(14-20-42)22-39-18-7-3-6-17-38;3*3-2(4,5)1(6)7/h8-12,21,26,39,41H,3-7,13-20,22-23,38H2,1-2H3;3*(H,6,7). The van der Waals surface area contributed by atoms with Gasteiger partial charge in [0.25, 0.3) is 0 Å². The molecule has 1 saturated carbocycles. The Morgan fingerprint density at radius 1 is 0.853 bits per heavy atom. The van der Waals surface area contributed by atoms with Crippen molar-refractivity contribution in [2.24, 2.45) is 11.7 Å². The summed E-state index contributed by atoms with van der Waals surface area (Å²) in [6.45, 7) is 7.76. The van der Waals surface area contributed by atoms with Gasteiger partial charge in [0.2, 0.25) is 15.9 Å². The number of nitrogens with one attached hydrogen (secondary N) is 2. The van der Waals surface area contributed by atoms with Gasteiger partial charge in [0.1, 0.15) is 28.3 Å². The first-order chi connectivity index (χ1) is 31.4. The van der Waals surface area contributed by atoms with Crippen molar-refractivity contribution in [1.82, 2.24) is 19.9 Å². The van der Waals surface area contributed by atoms with Gasteiger partial charge in [-0.25, -0.2) is 27.8 Å². The molecule has 27 heteroatoms. The third-order valence-corrected chi connectivity index (χ3v) is 12.7. The molecule has 2 aromatic carbocycles. The third-order valence-electron chi connectivity index (χ3n) is 10.3. The number of amides is 1. The van der Waals surface area contributed by atoms with Gasteiger partial charge in [-0.05, 0) is 108 Å². The molecule has 5 rings (SSSR count). The highest BCUT2D eigenvalue weighted by atomic mass is 35.5. The average Bonchev–Trinajstić information content (AvgIpc) is 3.70. The number of para-hydroxylation sites is 1. The van der Waals surface area contributed by atoms with Crippen LogP contribution in [0.4, 0.5) is 39.5 Å². The van der Waals surface area contributed by atoms with E-state index in [9.17, 15) is 52.7 Å². The van der Waals surface area contributed by atoms with Crippen LogP contribution in [0.25, 0.3) is 10.9 Å². The highest BCUT2D eigenvalue weighted by Crippen LogP contribution is 2.38. The minimum absolute atomic E-state index is 0.0255. The van der Waals surface area contributed by atoms with Gasteiger partial charge >= 0.3 is 36.4 Å². The summed E-state index contributed by atoms with van der Waals surface area (Å²) in [5.74, 6) is -7.37. The predicted octanol–water partition coefficient (Wildman–Crippen LogP) is 8.19. The number of carbonyl (C=O) groups excluding carboxylic acids is 1. The van der Waals surface area contributed by atoms with Gasteiger partial charge in [-0.2, -0.15) is 44.2 Å². The summed E-state index contributed by atoms with van der Waals surface area (Å²) in [6.07, 6.45) is -7.74. The number of unbranched alkanes of at least 4 members (excludes halogenated alkanes) is 2. The third kappa shape index (κ3) is 18.3. The molecule has 7 N–H and O–H groups in total. The number of sulfonamides is 1. The Labute approximate surface area is 394 Å². The first-order valence-corrected chi connectivity index (χ1v) is 22.7. The van der Waals surface area contributed by atoms with Crippen LogP contribution in [0.2, 0.25) is 10.0 Å². The van der Waals surface area contributed by atoms with Crippen LogP contribution in [0.3, 0.4) is 0 Å². The van der Waals surface area contributed by atoms with E-state index in [4.69, 9.17) is 63.4 Å². The van der Waals surface area contributed by atoms with Crippen molar-refractivity contribution in [3.05, 3.63) is 63.3 Å². The second-order valence-corrected chi connectivity index (χ2v) is 17.9. The van der Waals surface area contributed by atoms with E-state index in [1.165, 1.54) is 12.1 Å². The summed E-state index contributed by atoms with van der Waals surface area (Å²) in [7, 11) is -4.19. The monoisotopic (exact) mass is 1050 g/mol. The number of rotatable bonds is 14. The molecule has 2 heterocycles. The number of benzene rings is 2. The molecule has 0 atom stereocenters. The minimum Gasteiger partial charge on any atom is -0.487 e. The van der Waals surface area contributed by atoms with Crippen LogP contribution in [0.1, 0.15) is 74.6 Å². The van der Waals surface area contributed by atoms with E-state index >= 15 is 0 Å². The van der Waals surface area contributed by atoms with Crippen LogP contribution < -0.4 is 20.5 Å². The first kappa shape index (κ1) is 59.4. The highest BCUT2D eigenvalue weighted by molar-refractivity contribution is 7.89. The van der Waals surface area contributed by atoms with Gasteiger partial charge in [0.15, 0.2) is 0 Å². The van der Waals surface area contributed by atoms with Crippen LogP contribution in [-0.4, -0.2) is 114 Å². The smallest absolute Gasteiger partial charge is 0.487 e. The highest BCUT2D eigenvalue weighted by Gasteiger charge is 2.47. The number of piperidine rings is 1. The van der Waals surface area contributed by atoms with E-state index in [1.54, 1.807) is 0 Å². The Morgan fingerprint density at radius 2 is 1.38 bits per heavy atom. The molecule has 1 aliphatic heterocycles. The Bertz CT molecular complexity index is 2250. The molecule has 0 bridgehead atoms. The number of fused-ring (bicyclic) bond motifs is 1. The maximum absolute atomic E-state index is 14.0. The van der Waals surface area contributed by atoms with Crippen LogP contribution in [-0.2, 0) is 35.8 Å². The number of ether oxygens (including phenoxy) is 1. The lowest BCUT2D eigenvalue weighted by Gasteiger charge is -2.38. The summed E-state index contributed by atoms with van der Waals surface area (Å²) >= 11 is 13.3. The molecule has 0 spiro atoms. The largest absolute Gasteiger partial charge is 0.490 e. The molecule has 2 aliphatic rings. The molecule has 0 radical (unpaired) electrons. The summed E-state index contributed by atoms with van der Waals surface area (Å²) < 4.78 is 132. The number of hydrogen-bond acceptors (Lipinski definition) is 10. The summed E-state index contributed by atoms with van der Waals surface area (Å²) in [4.78, 5) is 47.1. The summed E-state index contributed by atoms with van der Waals surface area (Å²) in [5, 5.41) is 26.1.